The monoisotopic (exact) mass is 219 g/mol. The van der Waals surface area contributed by atoms with Gasteiger partial charge in [-0.05, 0) is 25.8 Å². The molecule has 1 N–H and O–H groups in total. The molecule has 1 aliphatic rings. The Morgan fingerprint density at radius 2 is 2.00 bits per heavy atom. The lowest BCUT2D eigenvalue weighted by Crippen LogP contribution is -2.39. The first-order valence-electron chi connectivity index (χ1n) is 5.52. The molecule has 16 heavy (non-hydrogen) atoms. The van der Waals surface area contributed by atoms with Crippen LogP contribution in [0, 0.1) is 0 Å². The van der Waals surface area contributed by atoms with Crippen LogP contribution in [0.25, 0.3) is 0 Å². The lowest BCUT2D eigenvalue weighted by Gasteiger charge is -2.36. The third-order valence-electron chi connectivity index (χ3n) is 3.04. The highest BCUT2D eigenvalue weighted by Crippen LogP contribution is 2.33. The molecule has 1 atom stereocenters. The fourth-order valence-corrected chi connectivity index (χ4v) is 2.13. The normalized spacial score (nSPS) is 26.9. The Morgan fingerprint density at radius 3 is 2.62 bits per heavy atom. The molecule has 1 fully saturated rings. The second kappa shape index (κ2) is 4.26. The van der Waals surface area contributed by atoms with Crippen LogP contribution in [0.15, 0.2) is 35.5 Å². The second-order valence-corrected chi connectivity index (χ2v) is 4.81. The molecule has 3 nitrogen and oxygen atoms in total. The van der Waals surface area contributed by atoms with Crippen LogP contribution in [0.2, 0.25) is 0 Å². The zero-order valence-electron chi connectivity index (χ0n) is 9.68. The molecule has 0 amide bonds. The van der Waals surface area contributed by atoms with Crippen molar-refractivity contribution in [1.29, 1.82) is 0 Å². The van der Waals surface area contributed by atoms with Gasteiger partial charge in [-0.15, -0.1) is 0 Å². The molecule has 0 spiro atoms. The maximum atomic E-state index is 9.00. The van der Waals surface area contributed by atoms with Crippen LogP contribution >= 0.6 is 0 Å². The molecule has 0 aliphatic carbocycles. The van der Waals surface area contributed by atoms with E-state index >= 15 is 0 Å². The summed E-state index contributed by atoms with van der Waals surface area (Å²) in [6, 6.07) is 10.1. The predicted octanol–water partition coefficient (Wildman–Crippen LogP) is 2.80. The van der Waals surface area contributed by atoms with Crippen LogP contribution < -0.4 is 0 Å². The lowest BCUT2D eigenvalue weighted by molar-refractivity contribution is -0.0189. The summed E-state index contributed by atoms with van der Waals surface area (Å²) in [4.78, 5) is 0. The lowest BCUT2D eigenvalue weighted by atomic mass is 9.82. The molecular weight excluding hydrogens is 202 g/mol. The molecule has 1 aromatic rings. The number of oxime groups is 1. The van der Waals surface area contributed by atoms with Gasteiger partial charge in [0.25, 0.3) is 0 Å². The van der Waals surface area contributed by atoms with E-state index in [4.69, 9.17) is 9.94 Å². The first kappa shape index (κ1) is 11.1. The largest absolute Gasteiger partial charge is 0.411 e. The van der Waals surface area contributed by atoms with E-state index in [0.717, 1.165) is 6.42 Å². The van der Waals surface area contributed by atoms with E-state index in [2.05, 4.69) is 31.1 Å². The standard InChI is InChI=1S/C13H17NO2/c1-13(2)8-11(12(14-15)9-16-13)10-6-4-3-5-7-10/h3-7,11,15H,8-9H2,1-2H3/b14-12+/t11-/m0/s1. The van der Waals surface area contributed by atoms with E-state index < -0.39 is 0 Å². The Morgan fingerprint density at radius 1 is 1.31 bits per heavy atom. The molecule has 3 heteroatoms. The molecule has 0 radical (unpaired) electrons. The minimum absolute atomic E-state index is 0.158. The summed E-state index contributed by atoms with van der Waals surface area (Å²) in [5, 5.41) is 12.4. The van der Waals surface area contributed by atoms with Gasteiger partial charge in [-0.1, -0.05) is 35.5 Å². The average Bonchev–Trinajstić information content (AvgIpc) is 2.29. The molecule has 1 saturated heterocycles. The van der Waals surface area contributed by atoms with E-state index in [1.54, 1.807) is 0 Å². The van der Waals surface area contributed by atoms with Gasteiger partial charge in [0.2, 0.25) is 0 Å². The van der Waals surface area contributed by atoms with Crippen molar-refractivity contribution in [3.05, 3.63) is 35.9 Å². The summed E-state index contributed by atoms with van der Waals surface area (Å²) in [5.41, 5.74) is 1.74. The quantitative estimate of drug-likeness (QED) is 0.583. The van der Waals surface area contributed by atoms with E-state index in [0.29, 0.717) is 12.3 Å². The van der Waals surface area contributed by atoms with Gasteiger partial charge in [0, 0.05) is 5.92 Å². The molecule has 1 heterocycles. The van der Waals surface area contributed by atoms with Crippen molar-refractivity contribution in [3.63, 3.8) is 0 Å². The van der Waals surface area contributed by atoms with Crippen molar-refractivity contribution >= 4 is 5.71 Å². The molecule has 0 saturated carbocycles. The van der Waals surface area contributed by atoms with Gasteiger partial charge in [-0.3, -0.25) is 0 Å². The third kappa shape index (κ3) is 2.25. The molecule has 0 bridgehead atoms. The molecule has 0 unspecified atom stereocenters. The Hall–Kier alpha value is -1.35. The number of ether oxygens (including phenoxy) is 1. The van der Waals surface area contributed by atoms with Crippen LogP contribution in [0.4, 0.5) is 0 Å². The fraction of sp³-hybridized carbons (Fsp3) is 0.462. The Bertz CT molecular complexity index is 384. The van der Waals surface area contributed by atoms with Crippen LogP contribution in [-0.2, 0) is 4.74 Å². The molecule has 86 valence electrons. The topological polar surface area (TPSA) is 41.8 Å². The van der Waals surface area contributed by atoms with Crippen molar-refractivity contribution in [1.82, 2.24) is 0 Å². The van der Waals surface area contributed by atoms with E-state index in [1.807, 2.05) is 18.2 Å². The van der Waals surface area contributed by atoms with E-state index in [-0.39, 0.29) is 11.5 Å². The number of rotatable bonds is 1. The van der Waals surface area contributed by atoms with Crippen molar-refractivity contribution in [2.75, 3.05) is 6.61 Å². The SMILES string of the molecule is CC1(C)C[C@@H](c2ccccc2)/C(=N/O)CO1. The van der Waals surface area contributed by atoms with Gasteiger partial charge in [0.15, 0.2) is 0 Å². The first-order chi connectivity index (χ1) is 7.62. The third-order valence-corrected chi connectivity index (χ3v) is 3.04. The number of hydrogen-bond acceptors (Lipinski definition) is 3. The van der Waals surface area contributed by atoms with Crippen LogP contribution in [0.5, 0.6) is 0 Å². The van der Waals surface area contributed by atoms with Gasteiger partial charge in [0.05, 0.1) is 17.9 Å². The maximum Gasteiger partial charge on any atom is 0.0903 e. The van der Waals surface area contributed by atoms with E-state index in [1.165, 1.54) is 5.56 Å². The molecule has 0 aromatic heterocycles. The highest BCUT2D eigenvalue weighted by molar-refractivity contribution is 5.92. The Labute approximate surface area is 95.7 Å². The average molecular weight is 219 g/mol. The fourth-order valence-electron chi connectivity index (χ4n) is 2.13. The van der Waals surface area contributed by atoms with Crippen molar-refractivity contribution in [3.8, 4) is 0 Å². The highest BCUT2D eigenvalue weighted by Gasteiger charge is 2.34. The van der Waals surface area contributed by atoms with Gasteiger partial charge in [-0.2, -0.15) is 0 Å². The first-order valence-corrected chi connectivity index (χ1v) is 5.52. The Balaban J connectivity index is 2.29. The molecular formula is C13H17NO2. The van der Waals surface area contributed by atoms with Crippen molar-refractivity contribution in [2.24, 2.45) is 5.16 Å². The van der Waals surface area contributed by atoms with Crippen LogP contribution in [0.1, 0.15) is 31.7 Å². The zero-order chi connectivity index (χ0) is 11.6. The van der Waals surface area contributed by atoms with Gasteiger partial charge < -0.3 is 9.94 Å². The minimum atomic E-state index is -0.158. The second-order valence-electron chi connectivity index (χ2n) is 4.81. The summed E-state index contributed by atoms with van der Waals surface area (Å²) in [5.74, 6) is 0.162. The summed E-state index contributed by atoms with van der Waals surface area (Å²) in [7, 11) is 0. The van der Waals surface area contributed by atoms with Gasteiger partial charge in [0.1, 0.15) is 0 Å². The van der Waals surface area contributed by atoms with Crippen LogP contribution in [-0.4, -0.2) is 23.1 Å². The Kier molecular flexibility index (Phi) is 2.97. The summed E-state index contributed by atoms with van der Waals surface area (Å²) < 4.78 is 5.63. The van der Waals surface area contributed by atoms with Gasteiger partial charge >= 0.3 is 0 Å². The maximum absolute atomic E-state index is 9.00. The van der Waals surface area contributed by atoms with Crippen LogP contribution in [0.3, 0.4) is 0 Å². The zero-order valence-corrected chi connectivity index (χ0v) is 9.68. The van der Waals surface area contributed by atoms with Gasteiger partial charge in [-0.25, -0.2) is 0 Å². The highest BCUT2D eigenvalue weighted by atomic mass is 16.5. The number of benzene rings is 1. The van der Waals surface area contributed by atoms with E-state index in [9.17, 15) is 0 Å². The number of hydrogen-bond donors (Lipinski definition) is 1. The van der Waals surface area contributed by atoms with Crippen molar-refractivity contribution < 1.29 is 9.94 Å². The summed E-state index contributed by atoms with van der Waals surface area (Å²) >= 11 is 0. The number of nitrogens with zero attached hydrogens (tertiary/aromatic N) is 1. The minimum Gasteiger partial charge on any atom is -0.411 e. The molecule has 1 aliphatic heterocycles. The van der Waals surface area contributed by atoms with Crippen molar-refractivity contribution in [2.45, 2.75) is 31.8 Å². The molecule has 2 rings (SSSR count). The predicted molar refractivity (Wildman–Crippen MR) is 63.1 cm³/mol. The summed E-state index contributed by atoms with van der Waals surface area (Å²) in [6.45, 7) is 4.54. The summed E-state index contributed by atoms with van der Waals surface area (Å²) in [6.07, 6.45) is 0.844. The smallest absolute Gasteiger partial charge is 0.0903 e. The molecule has 1 aromatic carbocycles.